The number of aryl methyl sites for hydroxylation is 2. The Kier molecular flexibility index (Phi) is 39.1. The molecule has 0 spiro atoms. The summed E-state index contributed by atoms with van der Waals surface area (Å²) in [5.41, 5.74) is 14.5. The van der Waals surface area contributed by atoms with Crippen LogP contribution in [-0.4, -0.2) is 217 Å². The number of methoxy groups -OCH3 is 12. The Morgan fingerprint density at radius 2 is 0.437 bits per heavy atom. The van der Waals surface area contributed by atoms with Crippen LogP contribution < -0.4 is 56.8 Å². The third kappa shape index (κ3) is 24.2. The molecule has 0 saturated carbocycles. The van der Waals surface area contributed by atoms with Crippen molar-refractivity contribution < 1.29 is 104 Å². The normalized spacial score (nSPS) is 13.0. The summed E-state index contributed by atoms with van der Waals surface area (Å²) in [6.45, 7) is 15.1. The van der Waals surface area contributed by atoms with Gasteiger partial charge in [0.2, 0.25) is 0 Å². The lowest BCUT2D eigenvalue weighted by Gasteiger charge is -2.24. The number of hydrogen-bond acceptors (Lipinski definition) is 22. The molecule has 0 unspecified atom stereocenters. The predicted octanol–water partition coefficient (Wildman–Crippen LogP) is 18.4. The van der Waals surface area contributed by atoms with Crippen molar-refractivity contribution in [2.75, 3.05) is 217 Å². The fourth-order valence-corrected chi connectivity index (χ4v) is 16.3. The fourth-order valence-electron chi connectivity index (χ4n) is 16.3. The standard InChI is InChI=1S/2C21H26O5.2C21H26O4.C20H24O4/c1-22-11-13-25-20-15-7-4-5-8-16(15)21(26-14-12-23-2)19-17(20)9-6-10-18(19)24-3;1-22-10-12-25-20-16-6-4-5-7-17(16)21(26-13-11-23-2)19-14-15(24-3)8-9-18(19)20;1-15-7-6-10-18-19(15)21(25-14-12-23-3)17-9-5-4-8-16(17)20(18)24-13-11-22-2;1-15-8-9-18-19(14-15)21(25-13-11-23-3)17-7-5-4-6-16(17)20(18)24-12-10-22-2;1-21-11-13-23-19-15-7-3-5-9-17(15)20(24-14-12-22-2)18-10-6-4-8-16(18)19/h4-6,9-10H,7-8,11-14H2,1-3H3;4-5,8-9,14H,6-7,10-13H2,1-3H3;4-7,10H,8-9,11-14H2,1-3H3;4-5,8-9,14H,6-7,10-13H2,1-3H3;3-7,9H,8,10-14H2,1-2H3. The summed E-state index contributed by atoms with van der Waals surface area (Å²) in [6, 6.07) is 33.0. The SMILES string of the molecule is COCCOc1c2c(c(OCCOC)c3c(C)cccc13)CC=CC2.COCCOc1c2c(c(OCCOC)c3c(OC)cccc13)CC=CC2.COCCOc1c2c(c(OCCOC)c3cc(C)ccc13)CC=CC2.COCCOc1c2c(c(OCCOC)c3cc(OC)ccc13)CC=CC2.COCCOc1c2c(c(OCCOC)c3ccccc13)CC=CC2. The van der Waals surface area contributed by atoms with Gasteiger partial charge in [-0.2, -0.15) is 0 Å². The average Bonchev–Trinajstić information content (AvgIpc) is 0.794. The van der Waals surface area contributed by atoms with E-state index in [0.29, 0.717) is 132 Å². The Morgan fingerprint density at radius 1 is 0.198 bits per heavy atom. The van der Waals surface area contributed by atoms with Crippen molar-refractivity contribution in [2.45, 2.75) is 78.1 Å². The van der Waals surface area contributed by atoms with E-state index >= 15 is 0 Å². The van der Waals surface area contributed by atoms with Gasteiger partial charge < -0.3 is 104 Å². The van der Waals surface area contributed by atoms with E-state index in [1.807, 2.05) is 42.5 Å². The van der Waals surface area contributed by atoms with Gasteiger partial charge in [0.25, 0.3) is 0 Å². The minimum absolute atomic E-state index is 0.490. The zero-order chi connectivity index (χ0) is 88.8. The Labute approximate surface area is 743 Å². The van der Waals surface area contributed by atoms with Crippen LogP contribution in [0.3, 0.4) is 0 Å². The molecule has 22 heteroatoms. The maximum Gasteiger partial charge on any atom is 0.135 e. The Hall–Kier alpha value is -10.6. The average molecular weight is 1730 g/mol. The summed E-state index contributed by atoms with van der Waals surface area (Å²) in [5.74, 6) is 10.9. The minimum Gasteiger partial charge on any atom is -0.497 e. The van der Waals surface area contributed by atoms with Crippen molar-refractivity contribution in [1.29, 1.82) is 0 Å². The van der Waals surface area contributed by atoms with Crippen LogP contribution >= 0.6 is 0 Å². The van der Waals surface area contributed by atoms with Crippen molar-refractivity contribution in [3.05, 3.63) is 225 Å². The second-order valence-corrected chi connectivity index (χ2v) is 30.3. The molecule has 0 fully saturated rings. The maximum atomic E-state index is 6.18. The highest BCUT2D eigenvalue weighted by Gasteiger charge is 2.30. The van der Waals surface area contributed by atoms with Crippen molar-refractivity contribution in [2.24, 2.45) is 0 Å². The van der Waals surface area contributed by atoms with E-state index in [-0.39, 0.29) is 0 Å². The molecule has 0 radical (unpaired) electrons. The van der Waals surface area contributed by atoms with E-state index in [9.17, 15) is 0 Å². The monoisotopic (exact) mass is 1730 g/mol. The van der Waals surface area contributed by atoms with E-state index in [0.717, 1.165) is 193 Å². The van der Waals surface area contributed by atoms with Gasteiger partial charge in [0.05, 0.1) is 85.7 Å². The van der Waals surface area contributed by atoms with Crippen LogP contribution in [0.2, 0.25) is 0 Å². The highest BCUT2D eigenvalue weighted by atomic mass is 16.6. The summed E-state index contributed by atoms with van der Waals surface area (Å²) < 4.78 is 124. The molecule has 0 heterocycles. The number of fused-ring (bicyclic) bond motifs is 10. The topological polar surface area (TPSA) is 203 Å². The van der Waals surface area contributed by atoms with Gasteiger partial charge in [0.15, 0.2) is 0 Å². The maximum absolute atomic E-state index is 6.18. The van der Waals surface area contributed by atoms with Gasteiger partial charge in [-0.1, -0.05) is 133 Å². The zero-order valence-electron chi connectivity index (χ0n) is 76.2. The molecule has 0 atom stereocenters. The van der Waals surface area contributed by atoms with Crippen LogP contribution in [-0.2, 0) is 112 Å². The zero-order valence-corrected chi connectivity index (χ0v) is 76.2. The van der Waals surface area contributed by atoms with Crippen LogP contribution in [0.4, 0.5) is 0 Å². The molecule has 0 saturated heterocycles. The number of rotatable bonds is 42. The van der Waals surface area contributed by atoms with Crippen molar-refractivity contribution >= 4 is 53.9 Å². The van der Waals surface area contributed by atoms with Crippen LogP contribution in [0, 0.1) is 13.8 Å². The van der Waals surface area contributed by atoms with Crippen LogP contribution in [0.1, 0.15) is 66.8 Å². The number of benzene rings is 10. The van der Waals surface area contributed by atoms with E-state index < -0.39 is 0 Å². The van der Waals surface area contributed by atoms with E-state index in [2.05, 4.69) is 129 Å². The summed E-state index contributed by atoms with van der Waals surface area (Å²) in [5, 5.41) is 10.6. The highest BCUT2D eigenvalue weighted by molar-refractivity contribution is 6.02. The molecular weight excluding hydrogens is 1600 g/mol. The summed E-state index contributed by atoms with van der Waals surface area (Å²) in [4.78, 5) is 0. The van der Waals surface area contributed by atoms with Crippen molar-refractivity contribution in [3.8, 4) is 69.0 Å². The first-order valence-corrected chi connectivity index (χ1v) is 43.4. The quantitative estimate of drug-likeness (QED) is 0.0258. The van der Waals surface area contributed by atoms with E-state index in [1.54, 1.807) is 85.3 Å². The van der Waals surface area contributed by atoms with E-state index in [4.69, 9.17) is 104 Å². The molecule has 0 aromatic heterocycles. The molecule has 10 aromatic rings. The molecule has 5 aliphatic rings. The lowest BCUT2D eigenvalue weighted by molar-refractivity contribution is 0.144. The first-order chi connectivity index (χ1) is 62.0. The fraction of sp³-hybridized carbons (Fsp3) is 0.423. The molecule has 10 aromatic carbocycles. The van der Waals surface area contributed by atoms with Crippen LogP contribution in [0.25, 0.3) is 53.9 Å². The number of hydrogen-bond donors (Lipinski definition) is 0. The third-order valence-corrected chi connectivity index (χ3v) is 22.2. The summed E-state index contributed by atoms with van der Waals surface area (Å²) >= 11 is 0. The Morgan fingerprint density at radius 3 is 0.738 bits per heavy atom. The van der Waals surface area contributed by atoms with Crippen LogP contribution in [0.5, 0.6) is 69.0 Å². The van der Waals surface area contributed by atoms with Gasteiger partial charge >= 0.3 is 0 Å². The number of allylic oxidation sites excluding steroid dienone is 10. The summed E-state index contributed by atoms with van der Waals surface area (Å²) in [6.07, 6.45) is 30.4. The third-order valence-electron chi connectivity index (χ3n) is 22.2. The van der Waals surface area contributed by atoms with Gasteiger partial charge in [-0.3, -0.25) is 0 Å². The molecule has 676 valence electrons. The minimum atomic E-state index is 0.490. The molecule has 15 rings (SSSR count). The lowest BCUT2D eigenvalue weighted by atomic mass is 9.89. The second kappa shape index (κ2) is 51.3. The molecule has 0 bridgehead atoms. The highest BCUT2D eigenvalue weighted by Crippen LogP contribution is 2.51. The second-order valence-electron chi connectivity index (χ2n) is 30.3. The first kappa shape index (κ1) is 96.0. The smallest absolute Gasteiger partial charge is 0.135 e. The lowest BCUT2D eigenvalue weighted by Crippen LogP contribution is -2.12. The summed E-state index contributed by atoms with van der Waals surface area (Å²) in [7, 11) is 20.2. The molecule has 0 N–H and O–H groups in total. The van der Waals surface area contributed by atoms with Crippen molar-refractivity contribution in [1.82, 2.24) is 0 Å². The van der Waals surface area contributed by atoms with Gasteiger partial charge in [-0.25, -0.2) is 0 Å². The Bertz CT molecular complexity index is 5230. The molecule has 5 aliphatic carbocycles. The van der Waals surface area contributed by atoms with E-state index in [1.165, 1.54) is 61.2 Å². The molecule has 126 heavy (non-hydrogen) atoms. The van der Waals surface area contributed by atoms with Crippen LogP contribution in [0.15, 0.2) is 158 Å². The predicted molar refractivity (Wildman–Crippen MR) is 499 cm³/mol. The first-order valence-electron chi connectivity index (χ1n) is 43.4. The van der Waals surface area contributed by atoms with Gasteiger partial charge in [0, 0.05) is 175 Å². The van der Waals surface area contributed by atoms with Gasteiger partial charge in [-0.05, 0) is 114 Å². The van der Waals surface area contributed by atoms with Gasteiger partial charge in [-0.15, -0.1) is 0 Å². The van der Waals surface area contributed by atoms with Crippen molar-refractivity contribution in [3.63, 3.8) is 0 Å². The molecule has 22 nitrogen and oxygen atoms in total. The number of ether oxygens (including phenoxy) is 22. The van der Waals surface area contributed by atoms with Gasteiger partial charge in [0.1, 0.15) is 135 Å². The molecule has 0 amide bonds. The Balaban J connectivity index is 0.000000153. The molecule has 0 aliphatic heterocycles. The largest absolute Gasteiger partial charge is 0.497 e. The molecular formula is C104H128O22.